The van der Waals surface area contributed by atoms with E-state index in [0.29, 0.717) is 30.4 Å². The van der Waals surface area contributed by atoms with Gasteiger partial charge in [0.25, 0.3) is 0 Å². The maximum atomic E-state index is 9.08. The molecule has 2 fully saturated rings. The molecule has 0 aliphatic carbocycles. The number of nitrogens with one attached hydrogen (secondary N) is 2. The van der Waals surface area contributed by atoms with Crippen LogP contribution in [0.2, 0.25) is 0 Å². The molecule has 140 valence electrons. The first-order valence-electron chi connectivity index (χ1n) is 9.39. The molecular formula is C17H31N7O. The lowest BCUT2D eigenvalue weighted by Gasteiger charge is -2.46. The van der Waals surface area contributed by atoms with E-state index in [4.69, 9.17) is 10.1 Å². The predicted octanol–water partition coefficient (Wildman–Crippen LogP) is 1.02. The molecule has 0 radical (unpaired) electrons. The largest absolute Gasteiger partial charge is 0.395 e. The molecule has 3 rings (SSSR count). The van der Waals surface area contributed by atoms with Crippen LogP contribution < -0.4 is 15.5 Å². The Bertz CT molecular complexity index is 568. The minimum atomic E-state index is 0.0503. The fourth-order valence-corrected chi connectivity index (χ4v) is 3.90. The highest BCUT2D eigenvalue weighted by atomic mass is 16.3. The molecule has 0 bridgehead atoms. The Morgan fingerprint density at radius 2 is 1.96 bits per heavy atom. The lowest BCUT2D eigenvalue weighted by molar-refractivity contribution is 0.153. The summed E-state index contributed by atoms with van der Waals surface area (Å²) in [7, 11) is 2.21. The van der Waals surface area contributed by atoms with Crippen LogP contribution in [0.4, 0.5) is 17.8 Å². The normalized spacial score (nSPS) is 24.3. The molecular weight excluding hydrogens is 318 g/mol. The summed E-state index contributed by atoms with van der Waals surface area (Å²) in [5, 5.41) is 15.4. The van der Waals surface area contributed by atoms with Gasteiger partial charge in [0.15, 0.2) is 0 Å². The zero-order valence-electron chi connectivity index (χ0n) is 15.6. The summed E-state index contributed by atoms with van der Waals surface area (Å²) < 4.78 is 0. The van der Waals surface area contributed by atoms with Gasteiger partial charge >= 0.3 is 0 Å². The molecule has 1 aromatic rings. The average Bonchev–Trinajstić information content (AvgIpc) is 2.58. The van der Waals surface area contributed by atoms with Crippen molar-refractivity contribution in [2.75, 3.05) is 55.4 Å². The number of rotatable bonds is 6. The number of likely N-dealkylation sites (tertiary alicyclic amines) is 1. The SMILES string of the molecule is CC(C)Nc1nc(NCCO)nc(N2CCC[C@@H]3CN(C)CC[C@H]32)n1. The zero-order chi connectivity index (χ0) is 17.8. The number of aromatic nitrogens is 3. The van der Waals surface area contributed by atoms with E-state index in [1.54, 1.807) is 0 Å². The molecule has 2 atom stereocenters. The third-order valence-corrected chi connectivity index (χ3v) is 4.96. The first-order valence-corrected chi connectivity index (χ1v) is 9.39. The van der Waals surface area contributed by atoms with Crippen LogP contribution in [0.3, 0.4) is 0 Å². The minimum absolute atomic E-state index is 0.0503. The first kappa shape index (κ1) is 18.1. The second-order valence-electron chi connectivity index (χ2n) is 7.45. The molecule has 0 spiro atoms. The highest BCUT2D eigenvalue weighted by molar-refractivity contribution is 5.45. The van der Waals surface area contributed by atoms with E-state index in [-0.39, 0.29) is 12.6 Å². The second-order valence-corrected chi connectivity index (χ2v) is 7.45. The van der Waals surface area contributed by atoms with Crippen molar-refractivity contribution in [2.45, 2.75) is 45.2 Å². The fraction of sp³-hybridized carbons (Fsp3) is 0.824. The summed E-state index contributed by atoms with van der Waals surface area (Å²) in [6.07, 6.45) is 3.61. The van der Waals surface area contributed by atoms with Gasteiger partial charge in [-0.3, -0.25) is 0 Å². The fourth-order valence-electron chi connectivity index (χ4n) is 3.90. The van der Waals surface area contributed by atoms with E-state index >= 15 is 0 Å². The molecule has 8 heteroatoms. The molecule has 0 saturated carbocycles. The van der Waals surface area contributed by atoms with Gasteiger partial charge in [-0.25, -0.2) is 0 Å². The lowest BCUT2D eigenvalue weighted by atomic mass is 9.84. The lowest BCUT2D eigenvalue weighted by Crippen LogP contribution is -2.54. The Hall–Kier alpha value is -1.67. The average molecular weight is 349 g/mol. The molecule has 0 unspecified atom stereocenters. The molecule has 3 N–H and O–H groups in total. The topological polar surface area (TPSA) is 89.4 Å². The monoisotopic (exact) mass is 349 g/mol. The summed E-state index contributed by atoms with van der Waals surface area (Å²) in [6.45, 7) is 7.89. The van der Waals surface area contributed by atoms with E-state index in [1.165, 1.54) is 12.8 Å². The number of hydrogen-bond acceptors (Lipinski definition) is 8. The quantitative estimate of drug-likeness (QED) is 0.701. The van der Waals surface area contributed by atoms with Crippen LogP contribution in [-0.2, 0) is 0 Å². The predicted molar refractivity (Wildman–Crippen MR) is 100 cm³/mol. The van der Waals surface area contributed by atoms with E-state index in [9.17, 15) is 0 Å². The number of aliphatic hydroxyl groups excluding tert-OH is 1. The second kappa shape index (κ2) is 8.14. The van der Waals surface area contributed by atoms with Crippen molar-refractivity contribution in [1.82, 2.24) is 19.9 Å². The number of piperidine rings is 2. The highest BCUT2D eigenvalue weighted by Crippen LogP contribution is 2.32. The Labute approximate surface area is 150 Å². The summed E-state index contributed by atoms with van der Waals surface area (Å²) in [5.41, 5.74) is 0. The number of aliphatic hydroxyl groups is 1. The van der Waals surface area contributed by atoms with E-state index < -0.39 is 0 Å². The van der Waals surface area contributed by atoms with Crippen LogP contribution in [-0.4, -0.2) is 76.9 Å². The van der Waals surface area contributed by atoms with Gasteiger partial charge in [-0.2, -0.15) is 15.0 Å². The molecule has 3 heterocycles. The van der Waals surface area contributed by atoms with Crippen LogP contribution in [0.1, 0.15) is 33.1 Å². The van der Waals surface area contributed by atoms with E-state index in [0.717, 1.165) is 32.0 Å². The minimum Gasteiger partial charge on any atom is -0.395 e. The number of fused-ring (bicyclic) bond motifs is 1. The summed E-state index contributed by atoms with van der Waals surface area (Å²) in [4.78, 5) is 18.6. The van der Waals surface area contributed by atoms with Gasteiger partial charge in [-0.15, -0.1) is 0 Å². The van der Waals surface area contributed by atoms with Crippen molar-refractivity contribution in [3.63, 3.8) is 0 Å². The molecule has 2 aliphatic heterocycles. The van der Waals surface area contributed by atoms with Gasteiger partial charge in [-0.05, 0) is 52.6 Å². The Balaban J connectivity index is 1.85. The smallest absolute Gasteiger partial charge is 0.232 e. The molecule has 0 amide bonds. The van der Waals surface area contributed by atoms with Crippen LogP contribution in [0.25, 0.3) is 0 Å². The summed E-state index contributed by atoms with van der Waals surface area (Å²) in [5.74, 6) is 2.55. The van der Waals surface area contributed by atoms with Gasteiger partial charge in [0.05, 0.1) is 6.61 Å². The molecule has 2 aliphatic rings. The van der Waals surface area contributed by atoms with Gasteiger partial charge < -0.3 is 25.5 Å². The van der Waals surface area contributed by atoms with Crippen LogP contribution in [0.15, 0.2) is 0 Å². The van der Waals surface area contributed by atoms with Crippen LogP contribution in [0.5, 0.6) is 0 Å². The molecule has 8 nitrogen and oxygen atoms in total. The summed E-state index contributed by atoms with van der Waals surface area (Å²) in [6, 6.07) is 0.753. The van der Waals surface area contributed by atoms with E-state index in [2.05, 4.69) is 51.3 Å². The Kier molecular flexibility index (Phi) is 5.90. The number of hydrogen-bond donors (Lipinski definition) is 3. The first-order chi connectivity index (χ1) is 12.1. The molecule has 0 aromatic carbocycles. The maximum Gasteiger partial charge on any atom is 0.232 e. The van der Waals surface area contributed by atoms with Crippen molar-refractivity contribution in [3.05, 3.63) is 0 Å². The van der Waals surface area contributed by atoms with Crippen LogP contribution in [0, 0.1) is 5.92 Å². The van der Waals surface area contributed by atoms with Crippen molar-refractivity contribution in [2.24, 2.45) is 5.92 Å². The number of anilines is 3. The standard InChI is InChI=1S/C17H31N7O/c1-12(2)19-16-20-15(18-7-10-25)21-17(22-16)24-8-4-5-13-11-23(3)9-6-14(13)24/h12-14,25H,4-11H2,1-3H3,(H2,18,19,20,21,22)/t13-,14-/m1/s1. The molecule has 25 heavy (non-hydrogen) atoms. The van der Waals surface area contributed by atoms with Gasteiger partial charge in [0.2, 0.25) is 17.8 Å². The van der Waals surface area contributed by atoms with Gasteiger partial charge in [0, 0.05) is 31.7 Å². The van der Waals surface area contributed by atoms with Gasteiger partial charge in [-0.1, -0.05) is 0 Å². The Morgan fingerprint density at radius 1 is 1.16 bits per heavy atom. The van der Waals surface area contributed by atoms with Crippen molar-refractivity contribution in [1.29, 1.82) is 0 Å². The molecule has 1 aromatic heterocycles. The van der Waals surface area contributed by atoms with E-state index in [1.807, 2.05) is 0 Å². The number of nitrogens with zero attached hydrogens (tertiary/aromatic N) is 5. The maximum absolute atomic E-state index is 9.08. The Morgan fingerprint density at radius 3 is 2.72 bits per heavy atom. The summed E-state index contributed by atoms with van der Waals surface area (Å²) >= 11 is 0. The third-order valence-electron chi connectivity index (χ3n) is 4.96. The highest BCUT2D eigenvalue weighted by Gasteiger charge is 2.36. The molecule has 2 saturated heterocycles. The zero-order valence-corrected chi connectivity index (χ0v) is 15.6. The van der Waals surface area contributed by atoms with Gasteiger partial charge in [0.1, 0.15) is 0 Å². The third kappa shape index (κ3) is 4.49. The van der Waals surface area contributed by atoms with Crippen LogP contribution >= 0.6 is 0 Å². The van der Waals surface area contributed by atoms with Crippen molar-refractivity contribution < 1.29 is 5.11 Å². The van der Waals surface area contributed by atoms with Crippen molar-refractivity contribution in [3.8, 4) is 0 Å². The van der Waals surface area contributed by atoms with Crippen molar-refractivity contribution >= 4 is 17.8 Å².